The summed E-state index contributed by atoms with van der Waals surface area (Å²) >= 11 is 1.68. The second-order valence-corrected chi connectivity index (χ2v) is 5.16. The molecule has 0 fully saturated rings. The van der Waals surface area contributed by atoms with Gasteiger partial charge in [-0.1, -0.05) is 17.8 Å². The Morgan fingerprint density at radius 1 is 1.53 bits per heavy atom. The van der Waals surface area contributed by atoms with Crippen LogP contribution in [0.15, 0.2) is 28.2 Å². The molecule has 1 unspecified atom stereocenters. The number of carbonyl (C=O) groups is 1. The predicted molar refractivity (Wildman–Crippen MR) is 67.5 cm³/mol. The van der Waals surface area contributed by atoms with Gasteiger partial charge in [0.05, 0.1) is 5.69 Å². The number of rotatable bonds is 1. The Balaban J connectivity index is 1.90. The second kappa shape index (κ2) is 3.66. The molecule has 1 aromatic rings. The number of hydrogen-bond donors (Lipinski definition) is 1. The molecule has 1 amide bonds. The highest BCUT2D eigenvalue weighted by Crippen LogP contribution is 2.45. The number of aryl methyl sites for hydroxylation is 1. The van der Waals surface area contributed by atoms with Gasteiger partial charge in [-0.3, -0.25) is 9.69 Å². The van der Waals surface area contributed by atoms with E-state index in [-0.39, 0.29) is 11.4 Å². The Kier molecular flexibility index (Phi) is 2.25. The monoisotopic (exact) mass is 248 g/mol. The van der Waals surface area contributed by atoms with Crippen molar-refractivity contribution in [2.75, 3.05) is 4.90 Å². The first-order valence-corrected chi connectivity index (χ1v) is 6.19. The van der Waals surface area contributed by atoms with Crippen molar-refractivity contribution in [2.45, 2.75) is 24.2 Å². The highest BCUT2D eigenvalue weighted by Gasteiger charge is 2.37. The average Bonchev–Trinajstić information content (AvgIpc) is 2.78. The summed E-state index contributed by atoms with van der Waals surface area (Å²) in [7, 11) is 0. The summed E-state index contributed by atoms with van der Waals surface area (Å²) in [6.45, 7) is 3.55. The summed E-state index contributed by atoms with van der Waals surface area (Å²) in [4.78, 5) is 14.3. The third kappa shape index (κ3) is 1.64. The van der Waals surface area contributed by atoms with E-state index in [0.29, 0.717) is 0 Å². The Bertz CT molecular complexity index is 516. The van der Waals surface area contributed by atoms with E-state index in [2.05, 4.69) is 40.5 Å². The number of hydrogen-bond acceptors (Lipinski definition) is 5. The van der Waals surface area contributed by atoms with Gasteiger partial charge in [-0.05, 0) is 24.6 Å². The zero-order valence-electron chi connectivity index (χ0n) is 9.54. The van der Waals surface area contributed by atoms with Crippen molar-refractivity contribution in [1.29, 1.82) is 0 Å². The highest BCUT2D eigenvalue weighted by atomic mass is 32.2. The van der Waals surface area contributed by atoms with Gasteiger partial charge in [0.25, 0.3) is 0 Å². The quantitative estimate of drug-likeness (QED) is 0.818. The lowest BCUT2D eigenvalue weighted by Crippen LogP contribution is -2.44. The van der Waals surface area contributed by atoms with E-state index in [9.17, 15) is 4.79 Å². The van der Waals surface area contributed by atoms with Gasteiger partial charge in [0.2, 0.25) is 5.91 Å². The lowest BCUT2D eigenvalue weighted by Gasteiger charge is -2.22. The number of hydrazone groups is 1. The number of fused-ring (bicyclic) bond motifs is 3. The molecule has 2 aliphatic rings. The van der Waals surface area contributed by atoms with Crippen LogP contribution in [0.5, 0.6) is 0 Å². The molecular formula is C11H12N4OS. The van der Waals surface area contributed by atoms with Crippen LogP contribution in [0, 0.1) is 6.92 Å². The molecular weight excluding hydrogens is 236 g/mol. The van der Waals surface area contributed by atoms with Crippen molar-refractivity contribution in [1.82, 2.24) is 10.5 Å². The number of nitrogens with zero attached hydrogens (tertiary/aromatic N) is 3. The lowest BCUT2D eigenvalue weighted by atomic mass is 10.2. The molecule has 3 rings (SSSR count). The summed E-state index contributed by atoms with van der Waals surface area (Å²) in [5, 5.41) is 5.76. The normalized spacial score (nSPS) is 20.5. The summed E-state index contributed by atoms with van der Waals surface area (Å²) < 4.78 is 0. The summed E-state index contributed by atoms with van der Waals surface area (Å²) in [5.74, 6) is -0.114. The van der Waals surface area contributed by atoms with Crippen LogP contribution in [0.1, 0.15) is 12.5 Å². The molecule has 5 nitrogen and oxygen atoms in total. The zero-order chi connectivity index (χ0) is 12.0. The first kappa shape index (κ1) is 10.5. The number of hydrazine groups is 1. The highest BCUT2D eigenvalue weighted by molar-refractivity contribution is 8.00. The Hall–Kier alpha value is -1.69. The molecule has 2 heterocycles. The van der Waals surface area contributed by atoms with Crippen LogP contribution >= 0.6 is 11.8 Å². The maximum Gasteiger partial charge on any atom is 0.236 e. The molecule has 0 bridgehead atoms. The third-order valence-electron chi connectivity index (χ3n) is 2.64. The largest absolute Gasteiger partial charge is 0.296 e. The van der Waals surface area contributed by atoms with Crippen molar-refractivity contribution in [3.05, 3.63) is 23.8 Å². The van der Waals surface area contributed by atoms with Gasteiger partial charge in [0.15, 0.2) is 5.50 Å². The number of nitrogens with one attached hydrogen (secondary N) is 1. The smallest absolute Gasteiger partial charge is 0.236 e. The zero-order valence-corrected chi connectivity index (χ0v) is 10.4. The van der Waals surface area contributed by atoms with Crippen LogP contribution in [0.25, 0.3) is 0 Å². The number of carbonyl (C=O) groups excluding carboxylic acids is 1. The minimum atomic E-state index is -0.114. The first-order chi connectivity index (χ1) is 8.15. The van der Waals surface area contributed by atoms with Gasteiger partial charge < -0.3 is 0 Å². The minimum absolute atomic E-state index is 0.00398. The van der Waals surface area contributed by atoms with Crippen molar-refractivity contribution in [3.63, 3.8) is 0 Å². The van der Waals surface area contributed by atoms with E-state index < -0.39 is 0 Å². The molecule has 17 heavy (non-hydrogen) atoms. The fourth-order valence-corrected chi connectivity index (χ4v) is 3.07. The van der Waals surface area contributed by atoms with Crippen molar-refractivity contribution in [3.8, 4) is 0 Å². The van der Waals surface area contributed by atoms with E-state index in [1.165, 1.54) is 17.4 Å². The fourth-order valence-electron chi connectivity index (χ4n) is 1.92. The third-order valence-corrected chi connectivity index (χ3v) is 3.88. The molecule has 2 aliphatic heterocycles. The van der Waals surface area contributed by atoms with Crippen LogP contribution in [-0.2, 0) is 4.79 Å². The molecule has 1 N–H and O–H groups in total. The second-order valence-electron chi connectivity index (χ2n) is 4.07. The Morgan fingerprint density at radius 2 is 2.35 bits per heavy atom. The van der Waals surface area contributed by atoms with Gasteiger partial charge in [-0.25, -0.2) is 5.43 Å². The molecule has 1 atom stereocenters. The van der Waals surface area contributed by atoms with E-state index in [1.54, 1.807) is 23.2 Å². The van der Waals surface area contributed by atoms with Crippen LogP contribution < -0.4 is 10.3 Å². The van der Waals surface area contributed by atoms with Crippen molar-refractivity contribution < 1.29 is 4.79 Å². The van der Waals surface area contributed by atoms with Crippen LogP contribution in [0.2, 0.25) is 0 Å². The van der Waals surface area contributed by atoms with Gasteiger partial charge in [-0.2, -0.15) is 5.12 Å². The molecule has 0 saturated heterocycles. The molecule has 1 aromatic carbocycles. The van der Waals surface area contributed by atoms with E-state index in [0.717, 1.165) is 5.69 Å². The van der Waals surface area contributed by atoms with Gasteiger partial charge >= 0.3 is 0 Å². The van der Waals surface area contributed by atoms with Crippen LogP contribution in [-0.4, -0.2) is 22.9 Å². The predicted octanol–water partition coefficient (Wildman–Crippen LogP) is 1.50. The maximum absolute atomic E-state index is 11.1. The maximum atomic E-state index is 11.1. The summed E-state index contributed by atoms with van der Waals surface area (Å²) in [6.07, 6.45) is 1.75. The lowest BCUT2D eigenvalue weighted by molar-refractivity contribution is -0.123. The molecule has 0 aliphatic carbocycles. The number of amides is 1. The molecule has 0 radical (unpaired) electrons. The average molecular weight is 248 g/mol. The van der Waals surface area contributed by atoms with Crippen LogP contribution in [0.3, 0.4) is 0 Å². The van der Waals surface area contributed by atoms with Crippen LogP contribution in [0.4, 0.5) is 5.69 Å². The van der Waals surface area contributed by atoms with E-state index in [1.807, 2.05) is 0 Å². The number of anilines is 1. The van der Waals surface area contributed by atoms with Crippen molar-refractivity contribution in [2.24, 2.45) is 5.10 Å². The number of benzene rings is 1. The van der Waals surface area contributed by atoms with E-state index in [4.69, 9.17) is 0 Å². The standard InChI is InChI=1S/C11H12N4OS/c1-7-3-4-10-9(5-7)14-6-12-15(11(14)17-10)13-8(2)16/h3-6,11H,1-2H3,(H,13,16). The molecule has 0 saturated carbocycles. The van der Waals surface area contributed by atoms with Crippen molar-refractivity contribution >= 4 is 29.7 Å². The molecule has 0 aromatic heterocycles. The molecule has 0 spiro atoms. The molecule has 6 heteroatoms. The minimum Gasteiger partial charge on any atom is -0.296 e. The SMILES string of the molecule is CC(=O)NN1N=CN2c3cc(C)ccc3SC12. The van der Waals surface area contributed by atoms with Gasteiger partial charge in [0.1, 0.15) is 6.34 Å². The number of thioether (sulfide) groups is 1. The van der Waals surface area contributed by atoms with Gasteiger partial charge in [-0.15, -0.1) is 5.10 Å². The topological polar surface area (TPSA) is 47.9 Å². The van der Waals surface area contributed by atoms with Gasteiger partial charge in [0, 0.05) is 11.8 Å². The summed E-state index contributed by atoms with van der Waals surface area (Å²) in [6, 6.07) is 6.33. The molecule has 88 valence electrons. The summed E-state index contributed by atoms with van der Waals surface area (Å²) in [5.41, 5.74) is 5.06. The Labute approximate surface area is 103 Å². The fraction of sp³-hybridized carbons (Fsp3) is 0.273. The first-order valence-electron chi connectivity index (χ1n) is 5.31. The Morgan fingerprint density at radius 3 is 3.12 bits per heavy atom. The van der Waals surface area contributed by atoms with E-state index >= 15 is 0 Å².